The zero-order valence-corrected chi connectivity index (χ0v) is 13.1. The first kappa shape index (κ1) is 15.3. The minimum absolute atomic E-state index is 0.324. The number of nitrogens with zero attached hydrogens (tertiary/aromatic N) is 3. The lowest BCUT2D eigenvalue weighted by atomic mass is 10.0. The van der Waals surface area contributed by atoms with Crippen LogP contribution in [0.3, 0.4) is 0 Å². The zero-order chi connectivity index (χ0) is 15.2. The standard InChI is InChI=1S/C15H23N5O/c1-5-6-16-14-13(10(2)3)15(19-9-18-14)17-8-12-7-11(4)20-21-12/h7,9-10H,5-6,8H2,1-4H3,(H2,16,17,18,19). The van der Waals surface area contributed by atoms with Gasteiger partial charge in [-0.1, -0.05) is 25.9 Å². The highest BCUT2D eigenvalue weighted by Gasteiger charge is 2.15. The minimum Gasteiger partial charge on any atom is -0.370 e. The molecule has 6 heteroatoms. The Bertz CT molecular complexity index is 579. The quantitative estimate of drug-likeness (QED) is 0.814. The summed E-state index contributed by atoms with van der Waals surface area (Å²) in [4.78, 5) is 8.73. The van der Waals surface area contributed by atoms with E-state index in [9.17, 15) is 0 Å². The highest BCUT2D eigenvalue weighted by atomic mass is 16.5. The van der Waals surface area contributed by atoms with E-state index in [0.717, 1.165) is 41.6 Å². The van der Waals surface area contributed by atoms with Crippen molar-refractivity contribution in [1.29, 1.82) is 0 Å². The largest absolute Gasteiger partial charge is 0.370 e. The van der Waals surface area contributed by atoms with Crippen LogP contribution in [0.1, 0.15) is 50.1 Å². The van der Waals surface area contributed by atoms with E-state index < -0.39 is 0 Å². The first-order valence-electron chi connectivity index (χ1n) is 7.36. The van der Waals surface area contributed by atoms with Crippen LogP contribution in [0.2, 0.25) is 0 Å². The Kier molecular flexibility index (Phi) is 5.14. The molecule has 0 aliphatic rings. The smallest absolute Gasteiger partial charge is 0.156 e. The summed E-state index contributed by atoms with van der Waals surface area (Å²) < 4.78 is 5.21. The van der Waals surface area contributed by atoms with E-state index in [1.807, 2.05) is 13.0 Å². The molecule has 2 aromatic heterocycles. The molecule has 2 heterocycles. The Hall–Kier alpha value is -2.11. The van der Waals surface area contributed by atoms with E-state index >= 15 is 0 Å². The predicted octanol–water partition coefficient (Wildman–Crippen LogP) is 3.33. The van der Waals surface area contributed by atoms with Gasteiger partial charge < -0.3 is 15.2 Å². The number of nitrogens with one attached hydrogen (secondary N) is 2. The molecule has 0 radical (unpaired) electrons. The van der Waals surface area contributed by atoms with Crippen molar-refractivity contribution in [3.63, 3.8) is 0 Å². The normalized spacial score (nSPS) is 10.9. The van der Waals surface area contributed by atoms with Gasteiger partial charge in [-0.15, -0.1) is 0 Å². The van der Waals surface area contributed by atoms with Gasteiger partial charge in [-0.25, -0.2) is 9.97 Å². The summed E-state index contributed by atoms with van der Waals surface area (Å²) in [7, 11) is 0. The average Bonchev–Trinajstić information content (AvgIpc) is 2.88. The maximum Gasteiger partial charge on any atom is 0.156 e. The predicted molar refractivity (Wildman–Crippen MR) is 83.5 cm³/mol. The number of aryl methyl sites for hydroxylation is 1. The summed E-state index contributed by atoms with van der Waals surface area (Å²) in [5.41, 5.74) is 1.98. The fourth-order valence-electron chi connectivity index (χ4n) is 2.14. The van der Waals surface area contributed by atoms with E-state index in [4.69, 9.17) is 4.52 Å². The van der Waals surface area contributed by atoms with Crippen molar-refractivity contribution < 1.29 is 4.52 Å². The van der Waals surface area contributed by atoms with E-state index in [1.165, 1.54) is 0 Å². The summed E-state index contributed by atoms with van der Waals surface area (Å²) >= 11 is 0. The second kappa shape index (κ2) is 7.06. The number of rotatable bonds is 7. The lowest BCUT2D eigenvalue weighted by Gasteiger charge is -2.17. The summed E-state index contributed by atoms with van der Waals surface area (Å²) in [5.74, 6) is 2.86. The van der Waals surface area contributed by atoms with Crippen molar-refractivity contribution in [2.24, 2.45) is 0 Å². The maximum atomic E-state index is 5.21. The van der Waals surface area contributed by atoms with Crippen molar-refractivity contribution in [3.05, 3.63) is 29.4 Å². The molecule has 0 atom stereocenters. The Labute approximate surface area is 125 Å². The number of aromatic nitrogens is 3. The van der Waals surface area contributed by atoms with Crippen LogP contribution in [0.25, 0.3) is 0 Å². The monoisotopic (exact) mass is 289 g/mol. The second-order valence-corrected chi connectivity index (χ2v) is 5.35. The maximum absolute atomic E-state index is 5.21. The van der Waals surface area contributed by atoms with Crippen LogP contribution >= 0.6 is 0 Å². The molecule has 2 rings (SSSR count). The number of hydrogen-bond acceptors (Lipinski definition) is 6. The Morgan fingerprint density at radius 2 is 1.90 bits per heavy atom. The van der Waals surface area contributed by atoms with Gasteiger partial charge in [0.2, 0.25) is 0 Å². The van der Waals surface area contributed by atoms with Gasteiger partial charge in [0.1, 0.15) is 18.0 Å². The van der Waals surface area contributed by atoms with Crippen LogP contribution in [-0.2, 0) is 6.54 Å². The fourth-order valence-corrected chi connectivity index (χ4v) is 2.14. The SMILES string of the molecule is CCCNc1ncnc(NCc2cc(C)no2)c1C(C)C. The van der Waals surface area contributed by atoms with Gasteiger partial charge in [-0.05, 0) is 19.3 Å². The molecular formula is C15H23N5O. The van der Waals surface area contributed by atoms with Crippen LogP contribution in [-0.4, -0.2) is 21.7 Å². The zero-order valence-electron chi connectivity index (χ0n) is 13.1. The van der Waals surface area contributed by atoms with Crippen LogP contribution in [0.4, 0.5) is 11.6 Å². The van der Waals surface area contributed by atoms with Gasteiger partial charge in [0.05, 0.1) is 12.2 Å². The van der Waals surface area contributed by atoms with Crippen LogP contribution in [0.5, 0.6) is 0 Å². The molecule has 6 nitrogen and oxygen atoms in total. The summed E-state index contributed by atoms with van der Waals surface area (Å²) in [5, 5.41) is 10.6. The average molecular weight is 289 g/mol. The van der Waals surface area contributed by atoms with Crippen LogP contribution in [0, 0.1) is 6.92 Å². The molecule has 0 fully saturated rings. The van der Waals surface area contributed by atoms with Gasteiger partial charge in [0.15, 0.2) is 5.76 Å². The van der Waals surface area contributed by atoms with Crippen molar-refractivity contribution in [3.8, 4) is 0 Å². The first-order valence-corrected chi connectivity index (χ1v) is 7.36. The fraction of sp³-hybridized carbons (Fsp3) is 0.533. The first-order chi connectivity index (χ1) is 10.1. The Balaban J connectivity index is 2.17. The van der Waals surface area contributed by atoms with Gasteiger partial charge in [0, 0.05) is 18.2 Å². The molecule has 2 aromatic rings. The Morgan fingerprint density at radius 3 is 2.48 bits per heavy atom. The number of anilines is 2. The van der Waals surface area contributed by atoms with Crippen molar-refractivity contribution in [2.45, 2.75) is 46.6 Å². The van der Waals surface area contributed by atoms with Crippen molar-refractivity contribution in [1.82, 2.24) is 15.1 Å². The molecular weight excluding hydrogens is 266 g/mol. The molecule has 0 saturated carbocycles. The lowest BCUT2D eigenvalue weighted by molar-refractivity contribution is 0.384. The third kappa shape index (κ3) is 3.93. The van der Waals surface area contributed by atoms with Crippen LogP contribution in [0.15, 0.2) is 16.9 Å². The van der Waals surface area contributed by atoms with E-state index in [2.05, 4.69) is 46.5 Å². The molecule has 0 bridgehead atoms. The molecule has 0 aromatic carbocycles. The summed E-state index contributed by atoms with van der Waals surface area (Å²) in [6.07, 6.45) is 2.64. The molecule has 21 heavy (non-hydrogen) atoms. The van der Waals surface area contributed by atoms with Crippen molar-refractivity contribution >= 4 is 11.6 Å². The molecule has 114 valence electrons. The number of hydrogen-bond donors (Lipinski definition) is 2. The highest BCUT2D eigenvalue weighted by Crippen LogP contribution is 2.28. The summed E-state index contributed by atoms with van der Waals surface area (Å²) in [6, 6.07) is 1.92. The van der Waals surface area contributed by atoms with E-state index in [1.54, 1.807) is 6.33 Å². The molecule has 0 aliphatic carbocycles. The second-order valence-electron chi connectivity index (χ2n) is 5.35. The van der Waals surface area contributed by atoms with E-state index in [0.29, 0.717) is 12.5 Å². The van der Waals surface area contributed by atoms with Crippen LogP contribution < -0.4 is 10.6 Å². The molecule has 0 spiro atoms. The Morgan fingerprint density at radius 1 is 1.19 bits per heavy atom. The van der Waals surface area contributed by atoms with Gasteiger partial charge >= 0.3 is 0 Å². The van der Waals surface area contributed by atoms with E-state index in [-0.39, 0.29) is 0 Å². The van der Waals surface area contributed by atoms with Gasteiger partial charge in [-0.3, -0.25) is 0 Å². The molecule has 0 amide bonds. The highest BCUT2D eigenvalue weighted by molar-refractivity contribution is 5.59. The lowest BCUT2D eigenvalue weighted by Crippen LogP contribution is -2.11. The summed E-state index contributed by atoms with van der Waals surface area (Å²) in [6.45, 7) is 9.78. The van der Waals surface area contributed by atoms with Gasteiger partial charge in [-0.2, -0.15) is 0 Å². The molecule has 2 N–H and O–H groups in total. The molecule has 0 unspecified atom stereocenters. The topological polar surface area (TPSA) is 75.9 Å². The molecule has 0 aliphatic heterocycles. The minimum atomic E-state index is 0.324. The van der Waals surface area contributed by atoms with Crippen molar-refractivity contribution in [2.75, 3.05) is 17.2 Å². The third-order valence-corrected chi connectivity index (χ3v) is 3.11. The molecule has 0 saturated heterocycles. The van der Waals surface area contributed by atoms with Gasteiger partial charge in [0.25, 0.3) is 0 Å². The third-order valence-electron chi connectivity index (χ3n) is 3.11.